The summed E-state index contributed by atoms with van der Waals surface area (Å²) in [5.41, 5.74) is 3.71. The second-order valence-corrected chi connectivity index (χ2v) is 7.49. The maximum atomic E-state index is 3.18. The summed E-state index contributed by atoms with van der Waals surface area (Å²) in [7, 11) is -0.225. The SMILES string of the molecule is C[Si](C)=C1[C-]=CC=C1.Cc1[c-][nH]c2cccc(C)c12.[Cl-].[Cl-].[Zr+4]. The van der Waals surface area contributed by atoms with E-state index < -0.39 is 0 Å². The average molecular weight is 428 g/mol. The predicted molar refractivity (Wildman–Crippen MR) is 86.1 cm³/mol. The molecule has 0 atom stereocenters. The molecule has 3 rings (SSSR count). The number of halogens is 2. The summed E-state index contributed by atoms with van der Waals surface area (Å²) in [6, 6.07) is 6.25. The van der Waals surface area contributed by atoms with Crippen molar-refractivity contribution in [2.45, 2.75) is 26.9 Å². The molecule has 0 radical (unpaired) electrons. The summed E-state index contributed by atoms with van der Waals surface area (Å²) in [6.45, 7) is 8.75. The van der Waals surface area contributed by atoms with Crippen molar-refractivity contribution in [2.75, 3.05) is 0 Å². The van der Waals surface area contributed by atoms with E-state index in [2.05, 4.69) is 68.5 Å². The molecular weight excluding hydrogens is 408 g/mol. The summed E-state index contributed by atoms with van der Waals surface area (Å²) in [6.07, 6.45) is 12.4. The Balaban J connectivity index is 0. The molecule has 0 aliphatic heterocycles. The predicted octanol–water partition coefficient (Wildman–Crippen LogP) is -1.99. The van der Waals surface area contributed by atoms with Gasteiger partial charge in [0.05, 0.1) is 0 Å². The molecule has 0 fully saturated rings. The summed E-state index contributed by atoms with van der Waals surface area (Å²) in [5, 5.41) is 2.72. The van der Waals surface area contributed by atoms with E-state index in [1.54, 1.807) is 0 Å². The number of allylic oxidation sites excluding steroid dienone is 4. The first-order valence-corrected chi connectivity index (χ1v) is 8.99. The Morgan fingerprint density at radius 2 is 1.77 bits per heavy atom. The number of benzene rings is 1. The van der Waals surface area contributed by atoms with Crippen LogP contribution in [0.25, 0.3) is 10.9 Å². The Bertz CT molecular complexity index is 669. The van der Waals surface area contributed by atoms with Gasteiger partial charge in [0.2, 0.25) is 0 Å². The molecule has 0 spiro atoms. The quantitative estimate of drug-likeness (QED) is 0.371. The molecule has 2 aromatic rings. The Hall–Kier alpha value is -0.210. The third-order valence-electron chi connectivity index (χ3n) is 3.17. The summed E-state index contributed by atoms with van der Waals surface area (Å²) < 4.78 is 0. The number of rotatable bonds is 0. The van der Waals surface area contributed by atoms with Gasteiger partial charge < -0.3 is 29.8 Å². The van der Waals surface area contributed by atoms with Gasteiger partial charge in [0, 0.05) is 0 Å². The molecule has 0 unspecified atom stereocenters. The van der Waals surface area contributed by atoms with Crippen LogP contribution in [-0.4, -0.2) is 18.6 Å². The molecule has 1 nitrogen and oxygen atoms in total. The number of H-pyrrole nitrogens is 1. The van der Waals surface area contributed by atoms with Gasteiger partial charge in [0.15, 0.2) is 0 Å². The smallest absolute Gasteiger partial charge is 1.00 e. The Morgan fingerprint density at radius 3 is 2.23 bits per heavy atom. The molecule has 0 bridgehead atoms. The molecular formula is C17H19Cl2NSiZr. The molecule has 1 heterocycles. The van der Waals surface area contributed by atoms with Crippen molar-refractivity contribution in [2.24, 2.45) is 0 Å². The summed E-state index contributed by atoms with van der Waals surface area (Å²) >= 11 is 0. The number of fused-ring (bicyclic) bond motifs is 1. The third-order valence-corrected chi connectivity index (χ3v) is 4.56. The van der Waals surface area contributed by atoms with Crippen molar-refractivity contribution in [3.63, 3.8) is 0 Å². The van der Waals surface area contributed by atoms with E-state index in [0.29, 0.717) is 0 Å². The van der Waals surface area contributed by atoms with Gasteiger partial charge in [-0.3, -0.25) is 0 Å². The van der Waals surface area contributed by atoms with Crippen LogP contribution in [0.5, 0.6) is 0 Å². The van der Waals surface area contributed by atoms with Crippen LogP contribution in [0.3, 0.4) is 0 Å². The van der Waals surface area contributed by atoms with Crippen molar-refractivity contribution < 1.29 is 51.0 Å². The van der Waals surface area contributed by atoms with Gasteiger partial charge in [0.25, 0.3) is 0 Å². The summed E-state index contributed by atoms with van der Waals surface area (Å²) in [4.78, 5) is 3.10. The number of aromatic amines is 1. The molecule has 1 aliphatic carbocycles. The fourth-order valence-corrected chi connectivity index (χ4v) is 2.94. The van der Waals surface area contributed by atoms with Crippen LogP contribution in [0.1, 0.15) is 11.1 Å². The van der Waals surface area contributed by atoms with Crippen LogP contribution < -0.4 is 24.8 Å². The standard InChI is InChI=1S/C10H10N.C7H9Si.2ClH.Zr/c1-7-4-3-5-9-10(7)8(2)6-11-9;1-8(2)7-5-3-4-6-7;;;/h3-5,11H,1-2H3;3-5H,1-2H3;2*1H;/q2*-1;;;+4/p-2. The van der Waals surface area contributed by atoms with Gasteiger partial charge in [-0.05, 0) is 8.41 Å². The first-order chi connectivity index (χ1) is 9.09. The fourth-order valence-electron chi connectivity index (χ4n) is 2.13. The molecule has 1 aromatic carbocycles. The Labute approximate surface area is 166 Å². The zero-order chi connectivity index (χ0) is 13.8. The molecule has 0 amide bonds. The monoisotopic (exact) mass is 425 g/mol. The van der Waals surface area contributed by atoms with Gasteiger partial charge in [-0.2, -0.15) is 22.9 Å². The first kappa shape index (κ1) is 24.0. The zero-order valence-corrected chi connectivity index (χ0v) is 18.2. The topological polar surface area (TPSA) is 15.8 Å². The van der Waals surface area contributed by atoms with Crippen molar-refractivity contribution in [3.8, 4) is 0 Å². The van der Waals surface area contributed by atoms with Crippen LogP contribution in [-0.2, 0) is 26.2 Å². The molecule has 0 saturated heterocycles. The number of aromatic nitrogens is 1. The van der Waals surface area contributed by atoms with E-state index in [4.69, 9.17) is 0 Å². The largest absolute Gasteiger partial charge is 4.00 e. The maximum Gasteiger partial charge on any atom is 4.00 e. The van der Waals surface area contributed by atoms with Gasteiger partial charge >= 0.3 is 26.2 Å². The number of aryl methyl sites for hydroxylation is 2. The van der Waals surface area contributed by atoms with Gasteiger partial charge in [-0.25, -0.2) is 12.2 Å². The normalized spacial score (nSPS) is 11.0. The zero-order valence-electron chi connectivity index (χ0n) is 13.2. The number of hydrogen-bond acceptors (Lipinski definition) is 0. The van der Waals surface area contributed by atoms with E-state index in [1.807, 2.05) is 12.2 Å². The van der Waals surface area contributed by atoms with Crippen molar-refractivity contribution >= 4 is 24.5 Å². The second kappa shape index (κ2) is 11.3. The molecule has 1 aliphatic rings. The van der Waals surface area contributed by atoms with E-state index in [-0.39, 0.29) is 59.4 Å². The van der Waals surface area contributed by atoms with E-state index in [1.165, 1.54) is 27.2 Å². The van der Waals surface area contributed by atoms with Crippen molar-refractivity contribution in [1.29, 1.82) is 0 Å². The second-order valence-electron chi connectivity index (χ2n) is 4.96. The number of nitrogens with one attached hydrogen (secondary N) is 1. The molecule has 0 saturated carbocycles. The van der Waals surface area contributed by atoms with Crippen LogP contribution in [0.2, 0.25) is 13.1 Å². The van der Waals surface area contributed by atoms with Gasteiger partial charge in [-0.1, -0.05) is 39.1 Å². The van der Waals surface area contributed by atoms with E-state index in [9.17, 15) is 0 Å². The minimum absolute atomic E-state index is 0. The van der Waals surface area contributed by atoms with Gasteiger partial charge in [0.1, 0.15) is 0 Å². The number of hydrogen-bond donors (Lipinski definition) is 1. The maximum absolute atomic E-state index is 3.18. The molecule has 1 aromatic heterocycles. The summed E-state index contributed by atoms with van der Waals surface area (Å²) in [5.74, 6) is 0. The molecule has 114 valence electrons. The van der Waals surface area contributed by atoms with E-state index in [0.717, 1.165) is 0 Å². The van der Waals surface area contributed by atoms with Crippen LogP contribution >= 0.6 is 0 Å². The Kier molecular flexibility index (Phi) is 12.4. The van der Waals surface area contributed by atoms with Crippen molar-refractivity contribution in [1.82, 2.24) is 4.98 Å². The first-order valence-electron chi connectivity index (χ1n) is 6.49. The van der Waals surface area contributed by atoms with E-state index >= 15 is 0 Å². The Morgan fingerprint density at radius 1 is 1.09 bits per heavy atom. The fraction of sp³-hybridized carbons (Fsp3) is 0.235. The van der Waals surface area contributed by atoms with Gasteiger partial charge in [-0.15, -0.1) is 28.7 Å². The minimum Gasteiger partial charge on any atom is -1.00 e. The average Bonchev–Trinajstić information content (AvgIpc) is 3.00. The third kappa shape index (κ3) is 6.12. The molecule has 5 heteroatoms. The minimum atomic E-state index is -0.225. The molecule has 22 heavy (non-hydrogen) atoms. The molecule has 1 N–H and O–H groups in total. The van der Waals surface area contributed by atoms with Crippen LogP contribution in [0.15, 0.2) is 36.4 Å². The van der Waals surface area contributed by atoms with Crippen molar-refractivity contribution in [3.05, 3.63) is 59.8 Å². The van der Waals surface area contributed by atoms with Crippen LogP contribution in [0, 0.1) is 26.1 Å². The van der Waals surface area contributed by atoms with Crippen LogP contribution in [0.4, 0.5) is 0 Å².